The summed E-state index contributed by atoms with van der Waals surface area (Å²) in [4.78, 5) is 0.333. The molecule has 0 radical (unpaired) electrons. The summed E-state index contributed by atoms with van der Waals surface area (Å²) in [5.41, 5.74) is 6.56. The normalized spacial score (nSPS) is 25.5. The lowest BCUT2D eigenvalue weighted by atomic mass is 10.0. The van der Waals surface area contributed by atoms with Crippen LogP contribution in [0.25, 0.3) is 0 Å². The van der Waals surface area contributed by atoms with E-state index in [4.69, 9.17) is 17.3 Å². The lowest BCUT2D eigenvalue weighted by Gasteiger charge is -2.35. The molecule has 2 rings (SSSR count). The minimum Gasteiger partial charge on any atom is -0.328 e. The van der Waals surface area contributed by atoms with Crippen molar-refractivity contribution in [3.8, 4) is 0 Å². The van der Waals surface area contributed by atoms with Crippen molar-refractivity contribution in [1.82, 2.24) is 4.31 Å². The average molecular weight is 303 g/mol. The smallest absolute Gasteiger partial charge is 0.243 e. The Morgan fingerprint density at radius 2 is 2.11 bits per heavy atom. The average Bonchev–Trinajstić information content (AvgIpc) is 2.27. The summed E-state index contributed by atoms with van der Waals surface area (Å²) in [6.07, 6.45) is 1.40. The predicted octanol–water partition coefficient (Wildman–Crippen LogP) is 2.15. The molecule has 0 bridgehead atoms. The van der Waals surface area contributed by atoms with E-state index in [1.165, 1.54) is 0 Å². The Balaban J connectivity index is 2.37. The number of nitrogens with zero attached hydrogens (tertiary/aromatic N) is 1. The topological polar surface area (TPSA) is 63.4 Å². The second-order valence-electron chi connectivity index (χ2n) is 5.16. The molecule has 1 aliphatic heterocycles. The van der Waals surface area contributed by atoms with Crippen LogP contribution >= 0.6 is 11.6 Å². The Bertz CT molecular complexity index is 574. The Morgan fingerprint density at radius 3 is 2.68 bits per heavy atom. The summed E-state index contributed by atoms with van der Waals surface area (Å²) in [5, 5.41) is 0.546. The summed E-state index contributed by atoms with van der Waals surface area (Å²) in [6.45, 7) is 4.15. The number of benzene rings is 1. The molecule has 1 aliphatic rings. The van der Waals surface area contributed by atoms with E-state index in [1.54, 1.807) is 29.4 Å². The molecule has 1 heterocycles. The van der Waals surface area contributed by atoms with Gasteiger partial charge in [0.1, 0.15) is 0 Å². The highest BCUT2D eigenvalue weighted by Crippen LogP contribution is 2.27. The van der Waals surface area contributed by atoms with Crippen molar-refractivity contribution >= 4 is 21.6 Å². The van der Waals surface area contributed by atoms with Gasteiger partial charge in [-0.1, -0.05) is 11.6 Å². The van der Waals surface area contributed by atoms with E-state index in [0.717, 1.165) is 0 Å². The van der Waals surface area contributed by atoms with E-state index >= 15 is 0 Å². The highest BCUT2D eigenvalue weighted by atomic mass is 35.5. The molecule has 0 aliphatic carbocycles. The van der Waals surface area contributed by atoms with Gasteiger partial charge in [0.25, 0.3) is 0 Å². The molecule has 0 unspecified atom stereocenters. The van der Waals surface area contributed by atoms with Crippen LogP contribution in [0.2, 0.25) is 5.02 Å². The molecule has 2 N–H and O–H groups in total. The maximum atomic E-state index is 12.7. The molecule has 0 saturated carbocycles. The zero-order valence-corrected chi connectivity index (χ0v) is 12.7. The van der Waals surface area contributed by atoms with Gasteiger partial charge >= 0.3 is 0 Å². The fourth-order valence-corrected chi connectivity index (χ4v) is 4.66. The van der Waals surface area contributed by atoms with Gasteiger partial charge in [0.2, 0.25) is 10.0 Å². The van der Waals surface area contributed by atoms with E-state index < -0.39 is 10.0 Å². The van der Waals surface area contributed by atoms with E-state index in [1.807, 2.05) is 6.92 Å². The number of piperidine rings is 1. The molecule has 1 aromatic rings. The van der Waals surface area contributed by atoms with Crippen LogP contribution in [0.3, 0.4) is 0 Å². The van der Waals surface area contributed by atoms with Crippen LogP contribution in [-0.4, -0.2) is 31.4 Å². The molecule has 0 amide bonds. The van der Waals surface area contributed by atoms with Crippen LogP contribution in [0.15, 0.2) is 23.1 Å². The fraction of sp³-hybridized carbons (Fsp3) is 0.538. The third-order valence-electron chi connectivity index (χ3n) is 3.58. The first-order valence-corrected chi connectivity index (χ1v) is 8.17. The van der Waals surface area contributed by atoms with Crippen molar-refractivity contribution < 1.29 is 8.42 Å². The first kappa shape index (κ1) is 14.8. The molecule has 0 spiro atoms. The minimum atomic E-state index is -3.46. The van der Waals surface area contributed by atoms with E-state index in [2.05, 4.69) is 0 Å². The molecular weight excluding hydrogens is 284 g/mol. The van der Waals surface area contributed by atoms with Gasteiger partial charge in [-0.15, -0.1) is 0 Å². The van der Waals surface area contributed by atoms with Gasteiger partial charge in [0.15, 0.2) is 0 Å². The van der Waals surface area contributed by atoms with Gasteiger partial charge in [-0.05, 0) is 50.5 Å². The molecule has 1 fully saturated rings. The van der Waals surface area contributed by atoms with Crippen LogP contribution in [0.4, 0.5) is 0 Å². The van der Waals surface area contributed by atoms with E-state index in [-0.39, 0.29) is 12.1 Å². The number of sulfonamides is 1. The van der Waals surface area contributed by atoms with Gasteiger partial charge in [-0.2, -0.15) is 4.31 Å². The minimum absolute atomic E-state index is 0.0659. The molecule has 4 nitrogen and oxygen atoms in total. The van der Waals surface area contributed by atoms with Gasteiger partial charge in [-0.3, -0.25) is 0 Å². The maximum absolute atomic E-state index is 12.7. The van der Waals surface area contributed by atoms with Crippen LogP contribution < -0.4 is 5.73 Å². The van der Waals surface area contributed by atoms with E-state index in [0.29, 0.717) is 34.9 Å². The molecular formula is C13H19ClN2O2S. The van der Waals surface area contributed by atoms with Crippen molar-refractivity contribution in [3.05, 3.63) is 28.8 Å². The van der Waals surface area contributed by atoms with Gasteiger partial charge in [0.05, 0.1) is 4.90 Å². The zero-order valence-electron chi connectivity index (χ0n) is 11.1. The molecule has 1 saturated heterocycles. The maximum Gasteiger partial charge on any atom is 0.243 e. The number of rotatable bonds is 2. The van der Waals surface area contributed by atoms with Gasteiger partial charge < -0.3 is 5.73 Å². The Kier molecular flexibility index (Phi) is 4.20. The Hall–Kier alpha value is -0.620. The monoisotopic (exact) mass is 302 g/mol. The van der Waals surface area contributed by atoms with Crippen molar-refractivity contribution in [1.29, 1.82) is 0 Å². The third-order valence-corrected chi connectivity index (χ3v) is 5.99. The zero-order chi connectivity index (χ0) is 14.2. The van der Waals surface area contributed by atoms with Crippen LogP contribution in [-0.2, 0) is 10.0 Å². The van der Waals surface area contributed by atoms with Gasteiger partial charge in [0, 0.05) is 23.7 Å². The quantitative estimate of drug-likeness (QED) is 0.910. The molecule has 106 valence electrons. The summed E-state index contributed by atoms with van der Waals surface area (Å²) in [7, 11) is -3.46. The van der Waals surface area contributed by atoms with Crippen molar-refractivity contribution in [3.63, 3.8) is 0 Å². The molecule has 6 heteroatoms. The molecule has 1 aromatic carbocycles. The molecule has 2 atom stereocenters. The summed E-state index contributed by atoms with van der Waals surface area (Å²) >= 11 is 5.88. The third kappa shape index (κ3) is 2.94. The van der Waals surface area contributed by atoms with Gasteiger partial charge in [-0.25, -0.2) is 8.42 Å². The number of halogens is 1. The summed E-state index contributed by atoms with van der Waals surface area (Å²) in [6, 6.07) is 4.89. The van der Waals surface area contributed by atoms with Crippen LogP contribution in [0.5, 0.6) is 0 Å². The van der Waals surface area contributed by atoms with Crippen LogP contribution in [0, 0.1) is 6.92 Å². The molecule has 19 heavy (non-hydrogen) atoms. The largest absolute Gasteiger partial charge is 0.328 e. The highest BCUT2D eigenvalue weighted by Gasteiger charge is 2.34. The second kappa shape index (κ2) is 5.40. The van der Waals surface area contributed by atoms with Crippen LogP contribution in [0.1, 0.15) is 25.3 Å². The second-order valence-corrected chi connectivity index (χ2v) is 7.45. The standard InChI is InChI=1S/C13H19ClN2O2S/c1-9-7-11(14)3-4-13(9)19(17,18)16-6-5-12(15)8-10(16)2/h3-4,7,10,12H,5-6,8,15H2,1-2H3/t10-,12+/m1/s1. The Labute approximate surface area is 119 Å². The number of hydrogen-bond donors (Lipinski definition) is 1. The number of hydrogen-bond acceptors (Lipinski definition) is 3. The lowest BCUT2D eigenvalue weighted by Crippen LogP contribution is -2.48. The van der Waals surface area contributed by atoms with E-state index in [9.17, 15) is 8.42 Å². The highest BCUT2D eigenvalue weighted by molar-refractivity contribution is 7.89. The SMILES string of the molecule is Cc1cc(Cl)ccc1S(=O)(=O)N1CC[C@H](N)C[C@H]1C. The first-order chi connectivity index (χ1) is 8.82. The number of nitrogens with two attached hydrogens (primary N) is 1. The van der Waals surface area contributed by atoms with Crippen molar-refractivity contribution in [2.75, 3.05) is 6.54 Å². The fourth-order valence-electron chi connectivity index (χ4n) is 2.57. The van der Waals surface area contributed by atoms with Crippen molar-refractivity contribution in [2.45, 2.75) is 43.7 Å². The Morgan fingerprint density at radius 1 is 1.42 bits per heavy atom. The predicted molar refractivity (Wildman–Crippen MR) is 76.8 cm³/mol. The number of aryl methyl sites for hydroxylation is 1. The van der Waals surface area contributed by atoms with Crippen molar-refractivity contribution in [2.24, 2.45) is 5.73 Å². The molecule has 0 aromatic heterocycles. The summed E-state index contributed by atoms with van der Waals surface area (Å²) in [5.74, 6) is 0. The summed E-state index contributed by atoms with van der Waals surface area (Å²) < 4.78 is 26.9. The first-order valence-electron chi connectivity index (χ1n) is 6.36. The lowest BCUT2D eigenvalue weighted by molar-refractivity contribution is 0.247.